The van der Waals surface area contributed by atoms with E-state index in [0.29, 0.717) is 26.2 Å². The quantitative estimate of drug-likeness (QED) is 0.695. The van der Waals surface area contributed by atoms with Crippen LogP contribution in [0.2, 0.25) is 0 Å². The van der Waals surface area contributed by atoms with Gasteiger partial charge in [0.2, 0.25) is 6.41 Å². The average Bonchev–Trinajstić information content (AvgIpc) is 2.24. The van der Waals surface area contributed by atoms with E-state index in [0.717, 1.165) is 11.1 Å². The van der Waals surface area contributed by atoms with Crippen molar-refractivity contribution in [3.8, 4) is 0 Å². The van der Waals surface area contributed by atoms with Crippen LogP contribution in [0.3, 0.4) is 0 Å². The van der Waals surface area contributed by atoms with Crippen LogP contribution in [0, 0.1) is 0 Å². The predicted octanol–water partition coefficient (Wildman–Crippen LogP) is 1.47. The molecule has 1 rings (SSSR count). The fraction of sp³-hybridized carbons (Fsp3) is 0.364. The molecule has 1 amide bonds. The molecule has 1 aromatic rings. The number of hydrogen-bond acceptors (Lipinski definition) is 2. The minimum Gasteiger partial charge on any atom is -0.377 e. The molecule has 0 saturated heterocycles. The molecule has 3 nitrogen and oxygen atoms in total. The van der Waals surface area contributed by atoms with Crippen molar-refractivity contribution in [1.29, 1.82) is 0 Å². The van der Waals surface area contributed by atoms with Gasteiger partial charge >= 0.3 is 0 Å². The summed E-state index contributed by atoms with van der Waals surface area (Å²) < 4.78 is 5.32. The zero-order valence-corrected chi connectivity index (χ0v) is 8.32. The van der Waals surface area contributed by atoms with Gasteiger partial charge in [-0.05, 0) is 18.1 Å². The number of hydrogen-bond donors (Lipinski definition) is 1. The molecule has 0 atom stereocenters. The monoisotopic (exact) mass is 193 g/mol. The summed E-state index contributed by atoms with van der Waals surface area (Å²) in [6.45, 7) is 3.84. The van der Waals surface area contributed by atoms with Crippen molar-refractivity contribution >= 4 is 6.41 Å². The van der Waals surface area contributed by atoms with E-state index in [1.54, 1.807) is 0 Å². The fourth-order valence-electron chi connectivity index (χ4n) is 1.23. The highest BCUT2D eigenvalue weighted by Gasteiger charge is 2.00. The van der Waals surface area contributed by atoms with Crippen LogP contribution in [0.25, 0.3) is 0 Å². The largest absolute Gasteiger partial charge is 0.377 e. The average molecular weight is 193 g/mol. The van der Waals surface area contributed by atoms with Gasteiger partial charge in [0, 0.05) is 13.2 Å². The molecule has 0 aliphatic carbocycles. The van der Waals surface area contributed by atoms with E-state index in [-0.39, 0.29) is 0 Å². The minimum absolute atomic E-state index is 0.562. The molecule has 0 aromatic heterocycles. The van der Waals surface area contributed by atoms with Gasteiger partial charge in [0.25, 0.3) is 0 Å². The Labute approximate surface area is 84.1 Å². The van der Waals surface area contributed by atoms with E-state index in [9.17, 15) is 4.79 Å². The van der Waals surface area contributed by atoms with E-state index < -0.39 is 0 Å². The normalized spacial score (nSPS) is 9.79. The van der Waals surface area contributed by atoms with Crippen molar-refractivity contribution in [2.45, 2.75) is 20.1 Å². The SMILES string of the molecule is CCOCc1ccccc1CNC=O. The maximum absolute atomic E-state index is 10.2. The molecule has 1 aromatic carbocycles. The Kier molecular flexibility index (Phi) is 4.72. The third kappa shape index (κ3) is 3.18. The Morgan fingerprint density at radius 3 is 2.71 bits per heavy atom. The van der Waals surface area contributed by atoms with Crippen molar-refractivity contribution in [1.82, 2.24) is 5.32 Å². The summed E-state index contributed by atoms with van der Waals surface area (Å²) >= 11 is 0. The Hall–Kier alpha value is -1.35. The standard InChI is InChI=1S/C11H15NO2/c1-2-14-8-11-6-4-3-5-10(11)7-12-9-13/h3-6,9H,2,7-8H2,1H3,(H,12,13). The van der Waals surface area contributed by atoms with Crippen LogP contribution in [0.1, 0.15) is 18.1 Å². The zero-order valence-electron chi connectivity index (χ0n) is 8.32. The first-order valence-electron chi connectivity index (χ1n) is 4.70. The molecule has 0 radical (unpaired) electrons. The zero-order chi connectivity index (χ0) is 10.2. The van der Waals surface area contributed by atoms with Crippen LogP contribution in [-0.2, 0) is 22.7 Å². The molecule has 76 valence electrons. The highest BCUT2D eigenvalue weighted by Crippen LogP contribution is 2.09. The lowest BCUT2D eigenvalue weighted by Gasteiger charge is -2.08. The van der Waals surface area contributed by atoms with E-state index in [1.165, 1.54) is 0 Å². The Morgan fingerprint density at radius 2 is 2.07 bits per heavy atom. The number of carbonyl (C=O) groups is 1. The molecular formula is C11H15NO2. The molecule has 0 aliphatic rings. The topological polar surface area (TPSA) is 38.3 Å². The van der Waals surface area contributed by atoms with Crippen LogP contribution < -0.4 is 5.32 Å². The van der Waals surface area contributed by atoms with Gasteiger partial charge in [-0.1, -0.05) is 24.3 Å². The summed E-state index contributed by atoms with van der Waals surface area (Å²) in [5.74, 6) is 0. The van der Waals surface area contributed by atoms with Gasteiger partial charge in [-0.2, -0.15) is 0 Å². The summed E-state index contributed by atoms with van der Waals surface area (Å²) in [5.41, 5.74) is 2.23. The van der Waals surface area contributed by atoms with Gasteiger partial charge in [-0.15, -0.1) is 0 Å². The second-order valence-corrected chi connectivity index (χ2v) is 2.90. The summed E-state index contributed by atoms with van der Waals surface area (Å²) in [6, 6.07) is 7.93. The number of benzene rings is 1. The molecule has 0 unspecified atom stereocenters. The van der Waals surface area contributed by atoms with E-state index >= 15 is 0 Å². The van der Waals surface area contributed by atoms with Gasteiger partial charge in [-0.3, -0.25) is 4.79 Å². The third-order valence-corrected chi connectivity index (χ3v) is 1.96. The van der Waals surface area contributed by atoms with Crippen molar-refractivity contribution in [2.24, 2.45) is 0 Å². The van der Waals surface area contributed by atoms with Crippen LogP contribution in [0.15, 0.2) is 24.3 Å². The molecule has 0 aliphatic heterocycles. The fourth-order valence-corrected chi connectivity index (χ4v) is 1.23. The Bertz CT molecular complexity index is 286. The van der Waals surface area contributed by atoms with Gasteiger partial charge in [0.05, 0.1) is 6.61 Å². The first-order valence-corrected chi connectivity index (χ1v) is 4.70. The Morgan fingerprint density at radius 1 is 1.36 bits per heavy atom. The first-order chi connectivity index (χ1) is 6.88. The molecule has 14 heavy (non-hydrogen) atoms. The van der Waals surface area contributed by atoms with E-state index in [1.807, 2.05) is 31.2 Å². The van der Waals surface area contributed by atoms with E-state index in [4.69, 9.17) is 4.74 Å². The predicted molar refractivity (Wildman–Crippen MR) is 54.7 cm³/mol. The van der Waals surface area contributed by atoms with Crippen LogP contribution in [0.5, 0.6) is 0 Å². The van der Waals surface area contributed by atoms with Crippen LogP contribution in [0.4, 0.5) is 0 Å². The molecule has 0 heterocycles. The maximum atomic E-state index is 10.2. The number of ether oxygens (including phenoxy) is 1. The summed E-state index contributed by atoms with van der Waals surface area (Å²) in [4.78, 5) is 10.2. The molecule has 0 saturated carbocycles. The van der Waals surface area contributed by atoms with Crippen LogP contribution >= 0.6 is 0 Å². The Balaban J connectivity index is 2.64. The highest BCUT2D eigenvalue weighted by atomic mass is 16.5. The molecule has 0 fully saturated rings. The lowest BCUT2D eigenvalue weighted by Crippen LogP contribution is -2.11. The van der Waals surface area contributed by atoms with Gasteiger partial charge in [0.15, 0.2) is 0 Å². The number of amides is 1. The first kappa shape index (κ1) is 10.7. The van der Waals surface area contributed by atoms with Crippen molar-refractivity contribution in [3.05, 3.63) is 35.4 Å². The highest BCUT2D eigenvalue weighted by molar-refractivity contribution is 5.46. The number of nitrogens with one attached hydrogen (secondary N) is 1. The summed E-state index contributed by atoms with van der Waals surface area (Å²) in [7, 11) is 0. The number of rotatable bonds is 6. The third-order valence-electron chi connectivity index (χ3n) is 1.96. The van der Waals surface area contributed by atoms with Gasteiger partial charge in [-0.25, -0.2) is 0 Å². The molecule has 0 bridgehead atoms. The molecular weight excluding hydrogens is 178 g/mol. The van der Waals surface area contributed by atoms with Gasteiger partial charge in [0.1, 0.15) is 0 Å². The van der Waals surface area contributed by atoms with Crippen molar-refractivity contribution in [3.63, 3.8) is 0 Å². The minimum atomic E-state index is 0.562. The van der Waals surface area contributed by atoms with E-state index in [2.05, 4.69) is 5.32 Å². The lowest BCUT2D eigenvalue weighted by atomic mass is 10.1. The molecule has 0 spiro atoms. The summed E-state index contributed by atoms with van der Waals surface area (Å²) in [6.07, 6.45) is 0.706. The maximum Gasteiger partial charge on any atom is 0.207 e. The smallest absolute Gasteiger partial charge is 0.207 e. The molecule has 1 N–H and O–H groups in total. The van der Waals surface area contributed by atoms with Crippen LogP contribution in [-0.4, -0.2) is 13.0 Å². The second-order valence-electron chi connectivity index (χ2n) is 2.90. The lowest BCUT2D eigenvalue weighted by molar-refractivity contribution is -0.109. The van der Waals surface area contributed by atoms with Gasteiger partial charge < -0.3 is 10.1 Å². The second kappa shape index (κ2) is 6.16. The number of carbonyl (C=O) groups excluding carboxylic acids is 1. The van der Waals surface area contributed by atoms with Crippen molar-refractivity contribution < 1.29 is 9.53 Å². The summed E-state index contributed by atoms with van der Waals surface area (Å²) in [5, 5.41) is 2.65. The van der Waals surface area contributed by atoms with Crippen molar-refractivity contribution in [2.75, 3.05) is 6.61 Å². The molecule has 3 heteroatoms.